The Bertz CT molecular complexity index is 2210. The summed E-state index contributed by atoms with van der Waals surface area (Å²) in [6.45, 7) is 0. The van der Waals surface area contributed by atoms with Crippen molar-refractivity contribution in [1.29, 1.82) is 0 Å². The Morgan fingerprint density at radius 2 is 1.16 bits per heavy atom. The van der Waals surface area contributed by atoms with Gasteiger partial charge in [-0.15, -0.1) is 0 Å². The molecule has 2 aliphatic carbocycles. The molecule has 2 heteroatoms. The van der Waals surface area contributed by atoms with E-state index in [1.165, 1.54) is 49.5 Å². The Balaban J connectivity index is 1.03. The van der Waals surface area contributed by atoms with E-state index in [0.29, 0.717) is 5.92 Å². The molecule has 0 saturated heterocycles. The van der Waals surface area contributed by atoms with Crippen LogP contribution in [0.15, 0.2) is 158 Å². The van der Waals surface area contributed by atoms with E-state index < -0.39 is 0 Å². The van der Waals surface area contributed by atoms with Gasteiger partial charge in [0.2, 0.25) is 0 Å². The third-order valence-electron chi connectivity index (χ3n) is 9.44. The first kappa shape index (κ1) is 25.7. The second kappa shape index (κ2) is 10.5. The molecule has 2 nitrogen and oxygen atoms in total. The average Bonchev–Trinajstić information content (AvgIpc) is 3.12. The Labute approximate surface area is 263 Å². The van der Waals surface area contributed by atoms with Crippen LogP contribution in [0.3, 0.4) is 0 Å². The van der Waals surface area contributed by atoms with E-state index in [9.17, 15) is 0 Å². The molecule has 9 rings (SSSR count). The molecule has 6 aromatic carbocycles. The highest BCUT2D eigenvalue weighted by molar-refractivity contribution is 6.09. The van der Waals surface area contributed by atoms with Crippen LogP contribution < -0.4 is 4.90 Å². The summed E-state index contributed by atoms with van der Waals surface area (Å²) in [5.41, 5.74) is 12.3. The number of benzene rings is 6. The summed E-state index contributed by atoms with van der Waals surface area (Å²) in [6, 6.07) is 50.2. The molecule has 0 spiro atoms. The highest BCUT2D eigenvalue weighted by Crippen LogP contribution is 2.49. The van der Waals surface area contributed by atoms with Gasteiger partial charge in [-0.2, -0.15) is 0 Å². The molecule has 2 atom stereocenters. The normalized spacial score (nSPS) is 16.3. The molecule has 0 aliphatic heterocycles. The van der Waals surface area contributed by atoms with Gasteiger partial charge in [-0.3, -0.25) is 4.98 Å². The molecule has 0 radical (unpaired) electrons. The van der Waals surface area contributed by atoms with Crippen LogP contribution >= 0.6 is 0 Å². The number of hydrogen-bond acceptors (Lipinski definition) is 2. The minimum Gasteiger partial charge on any atom is -0.311 e. The van der Waals surface area contributed by atoms with E-state index in [-0.39, 0.29) is 5.92 Å². The fourth-order valence-corrected chi connectivity index (χ4v) is 7.33. The lowest BCUT2D eigenvalue weighted by atomic mass is 9.71. The number of para-hydroxylation sites is 2. The molecule has 212 valence electrons. The number of anilines is 3. The first-order chi connectivity index (χ1) is 22.3. The third-order valence-corrected chi connectivity index (χ3v) is 9.44. The highest BCUT2D eigenvalue weighted by Gasteiger charge is 2.31. The van der Waals surface area contributed by atoms with Gasteiger partial charge in [0.25, 0.3) is 0 Å². The second-order valence-corrected chi connectivity index (χ2v) is 12.0. The van der Waals surface area contributed by atoms with Crippen molar-refractivity contribution in [3.05, 3.63) is 180 Å². The van der Waals surface area contributed by atoms with Gasteiger partial charge in [-0.1, -0.05) is 115 Å². The van der Waals surface area contributed by atoms with E-state index in [1.807, 2.05) is 12.3 Å². The number of aromatic nitrogens is 1. The van der Waals surface area contributed by atoms with Crippen LogP contribution in [-0.4, -0.2) is 4.98 Å². The quantitative estimate of drug-likeness (QED) is 0.190. The summed E-state index contributed by atoms with van der Waals surface area (Å²) < 4.78 is 0. The Kier molecular flexibility index (Phi) is 5.99. The number of pyridine rings is 1. The van der Waals surface area contributed by atoms with E-state index in [1.54, 1.807) is 0 Å². The summed E-state index contributed by atoms with van der Waals surface area (Å²) in [5, 5.41) is 3.85. The van der Waals surface area contributed by atoms with Crippen LogP contribution in [0, 0.1) is 0 Å². The molecule has 1 aromatic heterocycles. The maximum absolute atomic E-state index is 4.77. The standard InChI is InChI=1S/C43H30N2/c1-3-9-35(10-4-1)45(36-11-5-2-6-12-36)37-22-19-30(20-23-37)29-13-15-31(16-14-29)38-24-21-32-17-18-33-28-34-8-7-27-44-43(34)40-26-25-39(38)41(32)42(33)40/h1-28,38-39H. The maximum atomic E-state index is 4.77. The van der Waals surface area contributed by atoms with Gasteiger partial charge < -0.3 is 4.90 Å². The maximum Gasteiger partial charge on any atom is 0.0780 e. The predicted molar refractivity (Wildman–Crippen MR) is 189 cm³/mol. The van der Waals surface area contributed by atoms with E-state index in [4.69, 9.17) is 4.98 Å². The van der Waals surface area contributed by atoms with Crippen molar-refractivity contribution < 1.29 is 0 Å². The minimum absolute atomic E-state index is 0.286. The van der Waals surface area contributed by atoms with Crippen LogP contribution in [0.1, 0.15) is 34.1 Å². The van der Waals surface area contributed by atoms with Crippen LogP contribution in [0.2, 0.25) is 0 Å². The van der Waals surface area contributed by atoms with Crippen LogP contribution in [-0.2, 0) is 0 Å². The van der Waals surface area contributed by atoms with Gasteiger partial charge in [0.05, 0.1) is 5.52 Å². The molecule has 0 saturated carbocycles. The lowest BCUT2D eigenvalue weighted by Crippen LogP contribution is -2.15. The van der Waals surface area contributed by atoms with E-state index >= 15 is 0 Å². The molecule has 1 heterocycles. The molecule has 2 unspecified atom stereocenters. The fraction of sp³-hybridized carbons (Fsp3) is 0.0465. The zero-order valence-corrected chi connectivity index (χ0v) is 24.7. The number of rotatable bonds is 5. The lowest BCUT2D eigenvalue weighted by Gasteiger charge is -2.32. The average molecular weight is 575 g/mol. The predicted octanol–water partition coefficient (Wildman–Crippen LogP) is 11.4. The molecule has 0 fully saturated rings. The summed E-state index contributed by atoms with van der Waals surface area (Å²) in [7, 11) is 0. The molecule has 0 bridgehead atoms. The Hall–Kier alpha value is -5.73. The van der Waals surface area contributed by atoms with Crippen molar-refractivity contribution in [1.82, 2.24) is 4.98 Å². The summed E-state index contributed by atoms with van der Waals surface area (Å²) in [5.74, 6) is 0.586. The monoisotopic (exact) mass is 574 g/mol. The van der Waals surface area contributed by atoms with Crippen molar-refractivity contribution in [3.63, 3.8) is 0 Å². The summed E-state index contributed by atoms with van der Waals surface area (Å²) >= 11 is 0. The third kappa shape index (κ3) is 4.29. The van der Waals surface area contributed by atoms with Gasteiger partial charge in [0.15, 0.2) is 0 Å². The SMILES string of the molecule is C1=CC(c2ccc(-c3ccc(N(c4ccccc4)c4ccccc4)cc3)cc2)C2C=Cc3c4ncccc4cc4ccc1c2c34. The van der Waals surface area contributed by atoms with Gasteiger partial charge in [0, 0.05) is 46.0 Å². The molecule has 45 heavy (non-hydrogen) atoms. The van der Waals surface area contributed by atoms with Gasteiger partial charge >= 0.3 is 0 Å². The Morgan fingerprint density at radius 3 is 1.87 bits per heavy atom. The second-order valence-electron chi connectivity index (χ2n) is 12.0. The van der Waals surface area contributed by atoms with Gasteiger partial charge in [-0.25, -0.2) is 0 Å². The first-order valence-corrected chi connectivity index (χ1v) is 15.6. The number of hydrogen-bond donors (Lipinski definition) is 0. The van der Waals surface area contributed by atoms with Crippen molar-refractivity contribution in [2.75, 3.05) is 4.90 Å². The molecule has 7 aromatic rings. The van der Waals surface area contributed by atoms with Crippen molar-refractivity contribution in [2.45, 2.75) is 11.8 Å². The Morgan fingerprint density at radius 1 is 0.511 bits per heavy atom. The van der Waals surface area contributed by atoms with Crippen molar-refractivity contribution in [3.8, 4) is 11.1 Å². The molecule has 0 N–H and O–H groups in total. The van der Waals surface area contributed by atoms with E-state index in [0.717, 1.165) is 22.6 Å². The number of fused-ring (bicyclic) bond motifs is 2. The van der Waals surface area contributed by atoms with Crippen LogP contribution in [0.4, 0.5) is 17.1 Å². The summed E-state index contributed by atoms with van der Waals surface area (Å²) in [6.07, 6.45) is 11.3. The lowest BCUT2D eigenvalue weighted by molar-refractivity contribution is 0.736. The van der Waals surface area contributed by atoms with Gasteiger partial charge in [0.1, 0.15) is 0 Å². The minimum atomic E-state index is 0.286. The first-order valence-electron chi connectivity index (χ1n) is 15.6. The van der Waals surface area contributed by atoms with Crippen LogP contribution in [0.5, 0.6) is 0 Å². The van der Waals surface area contributed by atoms with E-state index in [2.05, 4.69) is 163 Å². The highest BCUT2D eigenvalue weighted by atomic mass is 15.1. The smallest absolute Gasteiger partial charge is 0.0780 e. The summed E-state index contributed by atoms with van der Waals surface area (Å²) in [4.78, 5) is 7.06. The zero-order valence-electron chi connectivity index (χ0n) is 24.7. The zero-order chi connectivity index (χ0) is 29.7. The number of allylic oxidation sites excluding steroid dienone is 2. The molecule has 0 amide bonds. The van der Waals surface area contributed by atoms with Crippen molar-refractivity contribution >= 4 is 50.9 Å². The van der Waals surface area contributed by atoms with Crippen LogP contribution in [0.25, 0.3) is 45.0 Å². The molecule has 2 aliphatic rings. The largest absolute Gasteiger partial charge is 0.311 e. The number of nitrogens with zero attached hydrogens (tertiary/aromatic N) is 2. The molecular formula is C43H30N2. The topological polar surface area (TPSA) is 16.1 Å². The fourth-order valence-electron chi connectivity index (χ4n) is 7.33. The van der Waals surface area contributed by atoms with Crippen molar-refractivity contribution in [2.24, 2.45) is 0 Å². The van der Waals surface area contributed by atoms with Gasteiger partial charge in [-0.05, 0) is 87.1 Å². The molecular weight excluding hydrogens is 544 g/mol.